The van der Waals surface area contributed by atoms with Gasteiger partial charge in [0.15, 0.2) is 0 Å². The number of carbonyl (C=O) groups excluding carboxylic acids is 1. The van der Waals surface area contributed by atoms with Gasteiger partial charge in [0.25, 0.3) is 0 Å². The summed E-state index contributed by atoms with van der Waals surface area (Å²) in [5, 5.41) is 3.27. The molecule has 1 amide bonds. The normalized spacial score (nSPS) is 20.4. The monoisotopic (exact) mass is 250 g/mol. The van der Waals surface area contributed by atoms with Crippen molar-refractivity contribution in [3.8, 4) is 0 Å². The molecule has 0 spiro atoms. The molecule has 0 aliphatic carbocycles. The molecule has 1 saturated heterocycles. The van der Waals surface area contributed by atoms with Crippen molar-refractivity contribution in [2.75, 3.05) is 24.5 Å². The maximum atomic E-state index is 13.3. The molecular formula is C14H19FN2O. The second-order valence-corrected chi connectivity index (χ2v) is 5.55. The number of rotatable bonds is 1. The zero-order chi connectivity index (χ0) is 13.2. The van der Waals surface area contributed by atoms with Crippen LogP contribution in [-0.4, -0.2) is 25.5 Å². The third-order valence-electron chi connectivity index (χ3n) is 3.13. The van der Waals surface area contributed by atoms with E-state index in [1.165, 1.54) is 12.1 Å². The van der Waals surface area contributed by atoms with E-state index in [-0.39, 0.29) is 17.1 Å². The summed E-state index contributed by atoms with van der Waals surface area (Å²) in [4.78, 5) is 13.8. The van der Waals surface area contributed by atoms with Crippen LogP contribution in [0.1, 0.15) is 20.3 Å². The number of carbonyl (C=O) groups is 1. The van der Waals surface area contributed by atoms with E-state index in [4.69, 9.17) is 0 Å². The lowest BCUT2D eigenvalue weighted by atomic mass is 9.91. The highest BCUT2D eigenvalue weighted by atomic mass is 19.1. The van der Waals surface area contributed by atoms with Crippen LogP contribution < -0.4 is 10.2 Å². The minimum atomic E-state index is -0.307. The molecule has 4 heteroatoms. The number of nitrogens with zero attached hydrogens (tertiary/aromatic N) is 1. The average Bonchev–Trinajstić information content (AvgIpc) is 2.30. The summed E-state index contributed by atoms with van der Waals surface area (Å²) in [6.45, 7) is 6.33. The van der Waals surface area contributed by atoms with Crippen LogP contribution in [0.2, 0.25) is 0 Å². The number of benzene rings is 1. The van der Waals surface area contributed by atoms with Gasteiger partial charge in [-0.05, 0) is 23.6 Å². The lowest BCUT2D eigenvalue weighted by Crippen LogP contribution is -2.47. The number of anilines is 1. The van der Waals surface area contributed by atoms with Crippen molar-refractivity contribution in [1.29, 1.82) is 0 Å². The molecule has 0 aromatic heterocycles. The molecule has 1 fully saturated rings. The minimum absolute atomic E-state index is 0.0254. The molecule has 1 aliphatic rings. The Balaban J connectivity index is 2.29. The minimum Gasteiger partial charge on any atom is -0.316 e. The van der Waals surface area contributed by atoms with Gasteiger partial charge in [-0.1, -0.05) is 19.9 Å². The summed E-state index contributed by atoms with van der Waals surface area (Å²) in [6.07, 6.45) is 0.451. The number of hydrogen-bond donors (Lipinski definition) is 1. The van der Waals surface area contributed by atoms with Crippen LogP contribution in [0.3, 0.4) is 0 Å². The molecule has 1 aliphatic heterocycles. The van der Waals surface area contributed by atoms with Crippen LogP contribution in [0.25, 0.3) is 0 Å². The van der Waals surface area contributed by atoms with Crippen molar-refractivity contribution >= 4 is 11.6 Å². The van der Waals surface area contributed by atoms with Crippen LogP contribution in [0.5, 0.6) is 0 Å². The van der Waals surface area contributed by atoms with E-state index in [9.17, 15) is 9.18 Å². The third-order valence-corrected chi connectivity index (χ3v) is 3.13. The third kappa shape index (κ3) is 3.07. The fourth-order valence-corrected chi connectivity index (χ4v) is 2.21. The Morgan fingerprint density at radius 2 is 2.17 bits per heavy atom. The summed E-state index contributed by atoms with van der Waals surface area (Å²) in [5.74, 6) is -0.265. The molecule has 0 atom stereocenters. The van der Waals surface area contributed by atoms with Crippen LogP contribution in [0.15, 0.2) is 24.3 Å². The molecule has 0 unspecified atom stereocenters. The van der Waals surface area contributed by atoms with Gasteiger partial charge in [-0.25, -0.2) is 4.39 Å². The molecule has 1 aromatic rings. The molecule has 1 heterocycles. The standard InChI is InChI=1S/C14H19FN2O/c1-14(2)9-16-7-6-13(18)17(10-14)12-5-3-4-11(15)8-12/h3-5,8,16H,6-7,9-10H2,1-2H3. The Morgan fingerprint density at radius 3 is 2.89 bits per heavy atom. The van der Waals surface area contributed by atoms with Gasteiger partial charge in [0.1, 0.15) is 5.82 Å². The Labute approximate surface area is 107 Å². The molecule has 2 rings (SSSR count). The second-order valence-electron chi connectivity index (χ2n) is 5.55. The van der Waals surface area contributed by atoms with Gasteiger partial charge in [-0.2, -0.15) is 0 Å². The van der Waals surface area contributed by atoms with Gasteiger partial charge < -0.3 is 10.2 Å². The van der Waals surface area contributed by atoms with Gasteiger partial charge in [0.05, 0.1) is 0 Å². The SMILES string of the molecule is CC1(C)CNCCC(=O)N(c2cccc(F)c2)C1. The first kappa shape index (κ1) is 13.0. The van der Waals surface area contributed by atoms with Crippen LogP contribution in [-0.2, 0) is 4.79 Å². The molecule has 1 aromatic carbocycles. The Kier molecular flexibility index (Phi) is 3.66. The van der Waals surface area contributed by atoms with E-state index in [1.54, 1.807) is 17.0 Å². The van der Waals surface area contributed by atoms with Crippen molar-refractivity contribution in [3.05, 3.63) is 30.1 Å². The largest absolute Gasteiger partial charge is 0.316 e. The summed E-state index contributed by atoms with van der Waals surface area (Å²) in [5.41, 5.74) is 0.623. The van der Waals surface area contributed by atoms with Crippen molar-refractivity contribution in [1.82, 2.24) is 5.32 Å². The lowest BCUT2D eigenvalue weighted by Gasteiger charge is -2.35. The maximum absolute atomic E-state index is 13.3. The predicted octanol–water partition coefficient (Wildman–Crippen LogP) is 2.18. The maximum Gasteiger partial charge on any atom is 0.228 e. The Hall–Kier alpha value is -1.42. The molecule has 0 bridgehead atoms. The van der Waals surface area contributed by atoms with E-state index in [1.807, 2.05) is 0 Å². The van der Waals surface area contributed by atoms with Gasteiger partial charge in [0.2, 0.25) is 5.91 Å². The quantitative estimate of drug-likeness (QED) is 0.828. The van der Waals surface area contributed by atoms with E-state index in [2.05, 4.69) is 19.2 Å². The molecule has 18 heavy (non-hydrogen) atoms. The second kappa shape index (κ2) is 5.06. The summed E-state index contributed by atoms with van der Waals surface area (Å²) < 4.78 is 13.3. The predicted molar refractivity (Wildman–Crippen MR) is 70.0 cm³/mol. The van der Waals surface area contributed by atoms with E-state index >= 15 is 0 Å². The molecule has 3 nitrogen and oxygen atoms in total. The van der Waals surface area contributed by atoms with Crippen LogP contribution in [0.4, 0.5) is 10.1 Å². The summed E-state index contributed by atoms with van der Waals surface area (Å²) in [6, 6.07) is 6.24. The van der Waals surface area contributed by atoms with Gasteiger partial charge in [0, 0.05) is 31.7 Å². The molecule has 0 radical (unpaired) electrons. The van der Waals surface area contributed by atoms with E-state index in [0.29, 0.717) is 25.2 Å². The number of nitrogens with one attached hydrogen (secondary N) is 1. The smallest absolute Gasteiger partial charge is 0.228 e. The first-order valence-corrected chi connectivity index (χ1v) is 6.25. The number of hydrogen-bond acceptors (Lipinski definition) is 2. The van der Waals surface area contributed by atoms with Crippen molar-refractivity contribution in [3.63, 3.8) is 0 Å². The number of amides is 1. The number of halogens is 1. The molecule has 1 N–H and O–H groups in total. The highest BCUT2D eigenvalue weighted by molar-refractivity contribution is 5.93. The highest BCUT2D eigenvalue weighted by Crippen LogP contribution is 2.24. The lowest BCUT2D eigenvalue weighted by molar-refractivity contribution is -0.119. The topological polar surface area (TPSA) is 32.3 Å². The Bertz CT molecular complexity index is 445. The first-order chi connectivity index (χ1) is 8.48. The average molecular weight is 250 g/mol. The van der Waals surface area contributed by atoms with Crippen LogP contribution in [0, 0.1) is 11.2 Å². The van der Waals surface area contributed by atoms with Crippen molar-refractivity contribution < 1.29 is 9.18 Å². The fourth-order valence-electron chi connectivity index (χ4n) is 2.21. The van der Waals surface area contributed by atoms with E-state index < -0.39 is 0 Å². The zero-order valence-corrected chi connectivity index (χ0v) is 10.9. The molecule has 98 valence electrons. The van der Waals surface area contributed by atoms with Crippen LogP contribution >= 0.6 is 0 Å². The fraction of sp³-hybridized carbons (Fsp3) is 0.500. The van der Waals surface area contributed by atoms with E-state index in [0.717, 1.165) is 6.54 Å². The van der Waals surface area contributed by atoms with Gasteiger partial charge >= 0.3 is 0 Å². The summed E-state index contributed by atoms with van der Waals surface area (Å²) in [7, 11) is 0. The van der Waals surface area contributed by atoms with Gasteiger partial charge in [-0.3, -0.25) is 4.79 Å². The highest BCUT2D eigenvalue weighted by Gasteiger charge is 2.27. The summed E-state index contributed by atoms with van der Waals surface area (Å²) >= 11 is 0. The molecule has 0 saturated carbocycles. The first-order valence-electron chi connectivity index (χ1n) is 6.25. The molecular weight excluding hydrogens is 231 g/mol. The van der Waals surface area contributed by atoms with Crippen molar-refractivity contribution in [2.24, 2.45) is 5.41 Å². The van der Waals surface area contributed by atoms with Crippen molar-refractivity contribution in [2.45, 2.75) is 20.3 Å². The zero-order valence-electron chi connectivity index (χ0n) is 10.9. The Morgan fingerprint density at radius 1 is 1.39 bits per heavy atom. The van der Waals surface area contributed by atoms with Gasteiger partial charge in [-0.15, -0.1) is 0 Å².